The number of hydrogen-bond donors (Lipinski definition) is 2. The molecule has 2 aromatic heterocycles. The van der Waals surface area contributed by atoms with Crippen LogP contribution in [0.5, 0.6) is 0 Å². The number of hydrogen-bond acceptors (Lipinski definition) is 5. The zero-order valence-corrected chi connectivity index (χ0v) is 19.9. The molecule has 1 aromatic carbocycles. The van der Waals surface area contributed by atoms with Crippen LogP contribution in [-0.4, -0.2) is 39.5 Å². The molecule has 0 radical (unpaired) electrons. The predicted molar refractivity (Wildman–Crippen MR) is 125 cm³/mol. The quantitative estimate of drug-likeness (QED) is 0.289. The molecule has 0 unspecified atom stereocenters. The Morgan fingerprint density at radius 2 is 1.93 bits per heavy atom. The summed E-state index contributed by atoms with van der Waals surface area (Å²) >= 11 is 5.91. The molecule has 0 saturated carbocycles. The molecule has 3 aromatic rings. The maximum absolute atomic E-state index is 5.91. The molecule has 0 atom stereocenters. The van der Waals surface area contributed by atoms with Gasteiger partial charge in [0, 0.05) is 55.4 Å². The van der Waals surface area contributed by atoms with E-state index in [4.69, 9.17) is 16.1 Å². The lowest BCUT2D eigenvalue weighted by molar-refractivity contribution is 0.378. The minimum absolute atomic E-state index is 0. The third kappa shape index (κ3) is 5.92. The number of aryl methyl sites for hydroxylation is 2. The average molecular weight is 530 g/mol. The van der Waals surface area contributed by atoms with E-state index >= 15 is 0 Å². The van der Waals surface area contributed by atoms with Crippen molar-refractivity contribution in [1.82, 2.24) is 30.6 Å². The van der Waals surface area contributed by atoms with Gasteiger partial charge in [-0.1, -0.05) is 16.8 Å². The molecule has 2 heterocycles. The van der Waals surface area contributed by atoms with Gasteiger partial charge in [0.25, 0.3) is 0 Å². The van der Waals surface area contributed by atoms with Crippen LogP contribution in [0.1, 0.15) is 22.8 Å². The molecule has 0 aliphatic heterocycles. The van der Waals surface area contributed by atoms with Gasteiger partial charge in [-0.2, -0.15) is 10.1 Å². The van der Waals surface area contributed by atoms with Gasteiger partial charge in [-0.25, -0.2) is 0 Å². The van der Waals surface area contributed by atoms with Crippen molar-refractivity contribution in [3.63, 3.8) is 0 Å². The smallest absolute Gasteiger partial charge is 0.228 e. The number of nitrogens with one attached hydrogen (secondary N) is 2. The molecule has 2 N–H and O–H groups in total. The molecule has 0 amide bonds. The number of aliphatic imine (C=N–C) groups is 1. The van der Waals surface area contributed by atoms with Crippen LogP contribution in [0.15, 0.2) is 33.8 Å². The van der Waals surface area contributed by atoms with Gasteiger partial charge in [-0.3, -0.25) is 9.67 Å². The average Bonchev–Trinajstić information content (AvgIpc) is 3.24. The summed E-state index contributed by atoms with van der Waals surface area (Å²) in [7, 11) is 3.69. The number of benzene rings is 1. The van der Waals surface area contributed by atoms with Crippen molar-refractivity contribution < 1.29 is 4.52 Å². The molecule has 0 fully saturated rings. The van der Waals surface area contributed by atoms with Gasteiger partial charge in [0.1, 0.15) is 0 Å². The van der Waals surface area contributed by atoms with Crippen LogP contribution in [0.2, 0.25) is 5.02 Å². The number of halogens is 2. The van der Waals surface area contributed by atoms with E-state index in [1.165, 1.54) is 5.56 Å². The SMILES string of the molecule is CN=C(NCCc1nc(-c2ccc(Cl)cc2)no1)NCc1c(C)nn(C)c1C.I. The van der Waals surface area contributed by atoms with Crippen LogP contribution in [0.3, 0.4) is 0 Å². The lowest BCUT2D eigenvalue weighted by Crippen LogP contribution is -2.38. The van der Waals surface area contributed by atoms with Crippen LogP contribution >= 0.6 is 35.6 Å². The van der Waals surface area contributed by atoms with Crippen LogP contribution in [0.25, 0.3) is 11.4 Å². The lowest BCUT2D eigenvalue weighted by Gasteiger charge is -2.11. The first-order chi connectivity index (χ1) is 13.5. The second-order valence-electron chi connectivity index (χ2n) is 6.39. The van der Waals surface area contributed by atoms with Crippen LogP contribution in [0.4, 0.5) is 0 Å². The van der Waals surface area contributed by atoms with E-state index in [9.17, 15) is 0 Å². The van der Waals surface area contributed by atoms with Crippen molar-refractivity contribution in [2.75, 3.05) is 13.6 Å². The first kappa shape index (κ1) is 23.1. The number of nitrogens with zero attached hydrogens (tertiary/aromatic N) is 5. The van der Waals surface area contributed by atoms with E-state index in [1.54, 1.807) is 19.2 Å². The van der Waals surface area contributed by atoms with Crippen molar-refractivity contribution in [2.45, 2.75) is 26.8 Å². The van der Waals surface area contributed by atoms with E-state index < -0.39 is 0 Å². The predicted octanol–water partition coefficient (Wildman–Crippen LogP) is 3.27. The van der Waals surface area contributed by atoms with E-state index in [-0.39, 0.29) is 24.0 Å². The Morgan fingerprint density at radius 1 is 1.21 bits per heavy atom. The highest BCUT2D eigenvalue weighted by molar-refractivity contribution is 14.0. The topological polar surface area (TPSA) is 93.2 Å². The number of rotatable bonds is 6. The zero-order valence-electron chi connectivity index (χ0n) is 16.9. The maximum atomic E-state index is 5.91. The molecule has 0 aliphatic rings. The van der Waals surface area contributed by atoms with Crippen LogP contribution in [-0.2, 0) is 20.0 Å². The normalized spacial score (nSPS) is 11.3. The van der Waals surface area contributed by atoms with E-state index in [0.717, 1.165) is 17.0 Å². The van der Waals surface area contributed by atoms with Crippen molar-refractivity contribution >= 4 is 41.5 Å². The molecule has 0 spiro atoms. The molecule has 0 bridgehead atoms. The Morgan fingerprint density at radius 3 is 2.55 bits per heavy atom. The van der Waals surface area contributed by atoms with Gasteiger partial charge < -0.3 is 15.2 Å². The van der Waals surface area contributed by atoms with Gasteiger partial charge in [0.2, 0.25) is 11.7 Å². The molecule has 156 valence electrons. The van der Waals surface area contributed by atoms with Crippen molar-refractivity contribution in [1.29, 1.82) is 0 Å². The summed E-state index contributed by atoms with van der Waals surface area (Å²) in [5, 5.41) is 15.7. The first-order valence-electron chi connectivity index (χ1n) is 9.00. The summed E-state index contributed by atoms with van der Waals surface area (Å²) < 4.78 is 7.21. The monoisotopic (exact) mass is 529 g/mol. The standard InChI is InChI=1S/C19H24ClN7O.HI/c1-12-16(13(2)27(4)25-12)11-23-19(21-3)22-10-9-17-24-18(26-28-17)14-5-7-15(20)8-6-14;/h5-8H,9-11H2,1-4H3,(H2,21,22,23);1H. The molecule has 0 saturated heterocycles. The molecule has 8 nitrogen and oxygen atoms in total. The minimum Gasteiger partial charge on any atom is -0.356 e. The van der Waals surface area contributed by atoms with Gasteiger partial charge in [0.05, 0.1) is 5.69 Å². The van der Waals surface area contributed by atoms with Gasteiger partial charge in [0.15, 0.2) is 5.96 Å². The summed E-state index contributed by atoms with van der Waals surface area (Å²) in [4.78, 5) is 8.67. The summed E-state index contributed by atoms with van der Waals surface area (Å²) in [5.74, 6) is 1.82. The zero-order chi connectivity index (χ0) is 20.1. The highest BCUT2D eigenvalue weighted by Crippen LogP contribution is 2.18. The Balaban J connectivity index is 0.00000300. The van der Waals surface area contributed by atoms with Crippen molar-refractivity contribution in [3.05, 3.63) is 52.1 Å². The first-order valence-corrected chi connectivity index (χ1v) is 9.38. The Bertz CT molecular complexity index is 966. The van der Waals surface area contributed by atoms with Crippen molar-refractivity contribution in [2.24, 2.45) is 12.0 Å². The highest BCUT2D eigenvalue weighted by atomic mass is 127. The van der Waals surface area contributed by atoms with E-state index in [1.807, 2.05) is 30.8 Å². The lowest BCUT2D eigenvalue weighted by atomic mass is 10.2. The fraction of sp³-hybridized carbons (Fsp3) is 0.368. The molecular formula is C19H25ClIN7O. The number of aromatic nitrogens is 4. The molecule has 3 rings (SSSR count). The maximum Gasteiger partial charge on any atom is 0.228 e. The Kier molecular flexibility index (Phi) is 8.45. The van der Waals surface area contributed by atoms with Crippen LogP contribution in [0, 0.1) is 13.8 Å². The van der Waals surface area contributed by atoms with Gasteiger partial charge >= 0.3 is 0 Å². The summed E-state index contributed by atoms with van der Waals surface area (Å²) in [5.41, 5.74) is 4.20. The second-order valence-corrected chi connectivity index (χ2v) is 6.83. The Labute approximate surface area is 192 Å². The van der Waals surface area contributed by atoms with E-state index in [2.05, 4.69) is 37.8 Å². The van der Waals surface area contributed by atoms with E-state index in [0.29, 0.717) is 42.2 Å². The molecule has 10 heteroatoms. The summed E-state index contributed by atoms with van der Waals surface area (Å²) in [6, 6.07) is 7.33. The Hall–Kier alpha value is -2.14. The summed E-state index contributed by atoms with van der Waals surface area (Å²) in [6.45, 7) is 5.34. The molecule has 0 aliphatic carbocycles. The largest absolute Gasteiger partial charge is 0.356 e. The number of guanidine groups is 1. The third-order valence-electron chi connectivity index (χ3n) is 4.52. The fourth-order valence-corrected chi connectivity index (χ4v) is 2.95. The van der Waals surface area contributed by atoms with Crippen LogP contribution < -0.4 is 10.6 Å². The van der Waals surface area contributed by atoms with Gasteiger partial charge in [-0.05, 0) is 38.1 Å². The minimum atomic E-state index is 0. The fourth-order valence-electron chi connectivity index (χ4n) is 2.83. The third-order valence-corrected chi connectivity index (χ3v) is 4.77. The highest BCUT2D eigenvalue weighted by Gasteiger charge is 2.11. The second kappa shape index (κ2) is 10.6. The molecular weight excluding hydrogens is 505 g/mol. The van der Waals surface area contributed by atoms with Gasteiger partial charge in [-0.15, -0.1) is 24.0 Å². The van der Waals surface area contributed by atoms with Crippen molar-refractivity contribution in [3.8, 4) is 11.4 Å². The molecule has 29 heavy (non-hydrogen) atoms. The summed E-state index contributed by atoms with van der Waals surface area (Å²) in [6.07, 6.45) is 0.590.